The summed E-state index contributed by atoms with van der Waals surface area (Å²) < 4.78 is 7.62. The zero-order chi connectivity index (χ0) is 17.8. The predicted molar refractivity (Wildman–Crippen MR) is 94.8 cm³/mol. The molecular formula is C18H18N6O2. The predicted octanol–water partition coefficient (Wildman–Crippen LogP) is 2.69. The smallest absolute Gasteiger partial charge is 0.230 e. The SMILES string of the molecule is O/N=C(/c1cccnc1Oc1ccc(-n2cncn2)cc1)N1CCCC1. The van der Waals surface area contributed by atoms with Crippen molar-refractivity contribution >= 4 is 5.84 Å². The molecule has 0 atom stereocenters. The van der Waals surface area contributed by atoms with Gasteiger partial charge >= 0.3 is 0 Å². The average molecular weight is 350 g/mol. The number of amidine groups is 1. The highest BCUT2D eigenvalue weighted by Crippen LogP contribution is 2.26. The van der Waals surface area contributed by atoms with E-state index < -0.39 is 0 Å². The molecule has 1 aromatic carbocycles. The number of nitrogens with zero attached hydrogens (tertiary/aromatic N) is 6. The van der Waals surface area contributed by atoms with E-state index in [0.29, 0.717) is 23.0 Å². The molecule has 1 aliphatic heterocycles. The van der Waals surface area contributed by atoms with Crippen molar-refractivity contribution in [3.05, 3.63) is 60.8 Å². The third kappa shape index (κ3) is 3.21. The highest BCUT2D eigenvalue weighted by Gasteiger charge is 2.22. The van der Waals surface area contributed by atoms with Crippen molar-refractivity contribution in [3.63, 3.8) is 0 Å². The number of hydrogen-bond donors (Lipinski definition) is 1. The van der Waals surface area contributed by atoms with Gasteiger partial charge in [-0.2, -0.15) is 5.10 Å². The molecule has 1 aliphatic rings. The minimum Gasteiger partial charge on any atom is -0.438 e. The van der Waals surface area contributed by atoms with Crippen LogP contribution in [0.15, 0.2) is 60.4 Å². The summed E-state index contributed by atoms with van der Waals surface area (Å²) in [5.74, 6) is 1.53. The number of pyridine rings is 1. The van der Waals surface area contributed by atoms with Crippen LogP contribution in [0, 0.1) is 0 Å². The molecule has 3 heterocycles. The van der Waals surface area contributed by atoms with Gasteiger partial charge in [-0.05, 0) is 49.2 Å². The largest absolute Gasteiger partial charge is 0.438 e. The van der Waals surface area contributed by atoms with Gasteiger partial charge in [-0.3, -0.25) is 0 Å². The van der Waals surface area contributed by atoms with Crippen LogP contribution in [0.1, 0.15) is 18.4 Å². The van der Waals surface area contributed by atoms with E-state index >= 15 is 0 Å². The zero-order valence-corrected chi connectivity index (χ0v) is 14.1. The summed E-state index contributed by atoms with van der Waals surface area (Å²) in [6.45, 7) is 1.72. The Labute approximate surface area is 150 Å². The standard InChI is InChI=1S/C18H18N6O2/c25-22-17(23-10-1-2-11-23)16-4-3-9-20-18(16)26-15-7-5-14(6-8-15)24-13-19-12-21-24/h3-9,12-13,25H,1-2,10-11H2/b22-17-. The molecule has 3 aromatic rings. The quantitative estimate of drug-likeness (QED) is 0.337. The van der Waals surface area contributed by atoms with Crippen molar-refractivity contribution < 1.29 is 9.94 Å². The lowest BCUT2D eigenvalue weighted by atomic mass is 10.2. The van der Waals surface area contributed by atoms with E-state index in [1.165, 1.54) is 6.33 Å². The lowest BCUT2D eigenvalue weighted by Gasteiger charge is -2.20. The summed E-state index contributed by atoms with van der Waals surface area (Å²) in [7, 11) is 0. The van der Waals surface area contributed by atoms with Crippen LogP contribution < -0.4 is 4.74 Å². The molecule has 0 saturated carbocycles. The van der Waals surface area contributed by atoms with E-state index in [2.05, 4.69) is 20.2 Å². The fourth-order valence-corrected chi connectivity index (χ4v) is 2.98. The Bertz CT molecular complexity index is 886. The van der Waals surface area contributed by atoms with Crippen LogP contribution in [-0.2, 0) is 0 Å². The second-order valence-electron chi connectivity index (χ2n) is 5.91. The summed E-state index contributed by atoms with van der Waals surface area (Å²) >= 11 is 0. The highest BCUT2D eigenvalue weighted by molar-refractivity contribution is 6.00. The molecule has 132 valence electrons. The average Bonchev–Trinajstić information content (AvgIpc) is 3.39. The van der Waals surface area contributed by atoms with E-state index in [0.717, 1.165) is 31.6 Å². The van der Waals surface area contributed by atoms with Crippen molar-refractivity contribution in [3.8, 4) is 17.3 Å². The second kappa shape index (κ2) is 7.22. The minimum absolute atomic E-state index is 0.403. The van der Waals surface area contributed by atoms with Gasteiger partial charge in [0.2, 0.25) is 5.88 Å². The lowest BCUT2D eigenvalue weighted by Crippen LogP contribution is -2.29. The Kier molecular flexibility index (Phi) is 4.46. The molecule has 0 spiro atoms. The van der Waals surface area contributed by atoms with Crippen molar-refractivity contribution in [1.82, 2.24) is 24.6 Å². The van der Waals surface area contributed by atoms with Gasteiger partial charge in [0, 0.05) is 19.3 Å². The van der Waals surface area contributed by atoms with E-state index in [-0.39, 0.29) is 0 Å². The summed E-state index contributed by atoms with van der Waals surface area (Å²) in [6.07, 6.45) is 6.94. The molecule has 0 bridgehead atoms. The van der Waals surface area contributed by atoms with Crippen LogP contribution >= 0.6 is 0 Å². The van der Waals surface area contributed by atoms with Crippen molar-refractivity contribution in [1.29, 1.82) is 0 Å². The number of ether oxygens (including phenoxy) is 1. The number of rotatable bonds is 4. The lowest BCUT2D eigenvalue weighted by molar-refractivity contribution is 0.306. The van der Waals surface area contributed by atoms with Gasteiger partial charge in [0.25, 0.3) is 0 Å². The molecule has 8 heteroatoms. The molecular weight excluding hydrogens is 332 g/mol. The summed E-state index contributed by atoms with van der Waals surface area (Å²) in [4.78, 5) is 10.3. The van der Waals surface area contributed by atoms with Crippen molar-refractivity contribution in [2.45, 2.75) is 12.8 Å². The molecule has 2 aromatic heterocycles. The number of benzene rings is 1. The van der Waals surface area contributed by atoms with Gasteiger partial charge < -0.3 is 14.8 Å². The third-order valence-corrected chi connectivity index (χ3v) is 4.25. The molecule has 0 unspecified atom stereocenters. The number of likely N-dealkylation sites (tertiary alicyclic amines) is 1. The van der Waals surface area contributed by atoms with E-state index in [1.54, 1.807) is 23.3 Å². The maximum Gasteiger partial charge on any atom is 0.230 e. The summed E-state index contributed by atoms with van der Waals surface area (Å²) in [5, 5.41) is 17.1. The van der Waals surface area contributed by atoms with Crippen LogP contribution in [0.5, 0.6) is 11.6 Å². The molecule has 0 aliphatic carbocycles. The van der Waals surface area contributed by atoms with Crippen molar-refractivity contribution in [2.75, 3.05) is 13.1 Å². The van der Waals surface area contributed by atoms with E-state index in [1.807, 2.05) is 35.2 Å². The fourth-order valence-electron chi connectivity index (χ4n) is 2.98. The first-order valence-corrected chi connectivity index (χ1v) is 8.40. The van der Waals surface area contributed by atoms with Crippen LogP contribution in [-0.4, -0.2) is 48.8 Å². The monoisotopic (exact) mass is 350 g/mol. The number of aromatic nitrogens is 4. The second-order valence-corrected chi connectivity index (χ2v) is 5.91. The van der Waals surface area contributed by atoms with Crippen LogP contribution in [0.3, 0.4) is 0 Å². The van der Waals surface area contributed by atoms with Gasteiger partial charge in [-0.25, -0.2) is 14.6 Å². The highest BCUT2D eigenvalue weighted by atomic mass is 16.5. The van der Waals surface area contributed by atoms with Gasteiger partial charge in [0.1, 0.15) is 18.4 Å². The maximum absolute atomic E-state index is 9.52. The molecule has 0 radical (unpaired) electrons. The molecule has 1 fully saturated rings. The third-order valence-electron chi connectivity index (χ3n) is 4.25. The first-order chi connectivity index (χ1) is 12.8. The molecule has 8 nitrogen and oxygen atoms in total. The first kappa shape index (κ1) is 16.1. The maximum atomic E-state index is 9.52. The van der Waals surface area contributed by atoms with E-state index in [9.17, 15) is 5.21 Å². The molecule has 0 amide bonds. The first-order valence-electron chi connectivity index (χ1n) is 8.40. The normalized spacial score (nSPS) is 14.6. The van der Waals surface area contributed by atoms with E-state index in [4.69, 9.17) is 4.74 Å². The molecule has 4 rings (SSSR count). The fraction of sp³-hybridized carbons (Fsp3) is 0.222. The zero-order valence-electron chi connectivity index (χ0n) is 14.1. The summed E-state index contributed by atoms with van der Waals surface area (Å²) in [6, 6.07) is 11.1. The molecule has 1 saturated heterocycles. The minimum atomic E-state index is 0.403. The Balaban J connectivity index is 1.59. The Hall–Kier alpha value is -3.42. The number of oxime groups is 1. The van der Waals surface area contributed by atoms with Crippen LogP contribution in [0.2, 0.25) is 0 Å². The van der Waals surface area contributed by atoms with Crippen LogP contribution in [0.25, 0.3) is 5.69 Å². The number of hydrogen-bond acceptors (Lipinski definition) is 6. The Morgan fingerprint density at radius 1 is 1.12 bits per heavy atom. The Morgan fingerprint density at radius 3 is 2.62 bits per heavy atom. The van der Waals surface area contributed by atoms with Gasteiger partial charge in [-0.1, -0.05) is 5.16 Å². The summed E-state index contributed by atoms with van der Waals surface area (Å²) in [5.41, 5.74) is 1.54. The van der Waals surface area contributed by atoms with Gasteiger partial charge in [0.15, 0.2) is 5.84 Å². The van der Waals surface area contributed by atoms with Crippen molar-refractivity contribution in [2.24, 2.45) is 5.16 Å². The van der Waals surface area contributed by atoms with Gasteiger partial charge in [-0.15, -0.1) is 0 Å². The van der Waals surface area contributed by atoms with Gasteiger partial charge in [0.05, 0.1) is 11.3 Å². The topological polar surface area (TPSA) is 88.7 Å². The molecule has 26 heavy (non-hydrogen) atoms. The Morgan fingerprint density at radius 2 is 1.92 bits per heavy atom. The molecule has 1 N–H and O–H groups in total. The van der Waals surface area contributed by atoms with Crippen LogP contribution in [0.4, 0.5) is 0 Å².